The standard InChI is InChI=1S/C13H18O4/c1-13(2,3)17-10-6-4-9(5-7-10)8-11(14)12(15)16/h4-7,11,14H,8H2,1-3H3,(H,15,16)/t11-/m0/s1. The predicted molar refractivity (Wildman–Crippen MR) is 64.2 cm³/mol. The van der Waals surface area contributed by atoms with Crippen LogP contribution in [-0.2, 0) is 11.2 Å². The van der Waals surface area contributed by atoms with Crippen LogP contribution < -0.4 is 4.74 Å². The average Bonchev–Trinajstić information content (AvgIpc) is 2.18. The molecule has 1 aromatic carbocycles. The van der Waals surface area contributed by atoms with Crippen molar-refractivity contribution in [2.24, 2.45) is 0 Å². The lowest BCUT2D eigenvalue weighted by molar-refractivity contribution is -0.146. The molecule has 0 radical (unpaired) electrons. The molecule has 1 atom stereocenters. The Bertz CT molecular complexity index is 375. The Morgan fingerprint density at radius 2 is 1.82 bits per heavy atom. The lowest BCUT2D eigenvalue weighted by Crippen LogP contribution is -2.23. The summed E-state index contributed by atoms with van der Waals surface area (Å²) in [4.78, 5) is 10.5. The topological polar surface area (TPSA) is 66.8 Å². The van der Waals surface area contributed by atoms with Crippen LogP contribution in [-0.4, -0.2) is 27.9 Å². The Morgan fingerprint density at radius 1 is 1.29 bits per heavy atom. The van der Waals surface area contributed by atoms with Crippen LogP contribution in [0, 0.1) is 0 Å². The molecule has 0 unspecified atom stereocenters. The van der Waals surface area contributed by atoms with Crippen molar-refractivity contribution < 1.29 is 19.7 Å². The van der Waals surface area contributed by atoms with E-state index in [-0.39, 0.29) is 12.0 Å². The molecule has 0 amide bonds. The van der Waals surface area contributed by atoms with Gasteiger partial charge in [0.15, 0.2) is 6.10 Å². The van der Waals surface area contributed by atoms with E-state index in [0.29, 0.717) is 0 Å². The van der Waals surface area contributed by atoms with E-state index >= 15 is 0 Å². The van der Waals surface area contributed by atoms with Gasteiger partial charge < -0.3 is 14.9 Å². The Labute approximate surface area is 101 Å². The summed E-state index contributed by atoms with van der Waals surface area (Å²) in [5.74, 6) is -0.480. The summed E-state index contributed by atoms with van der Waals surface area (Å²) < 4.78 is 5.63. The number of aliphatic hydroxyl groups excluding tert-OH is 1. The molecule has 0 heterocycles. The molecular weight excluding hydrogens is 220 g/mol. The minimum Gasteiger partial charge on any atom is -0.488 e. The molecule has 0 saturated heterocycles. The highest BCUT2D eigenvalue weighted by molar-refractivity contribution is 5.72. The zero-order valence-electron chi connectivity index (χ0n) is 10.3. The second-order valence-corrected chi connectivity index (χ2v) is 4.92. The van der Waals surface area contributed by atoms with Gasteiger partial charge in [0.05, 0.1) is 0 Å². The summed E-state index contributed by atoms with van der Waals surface area (Å²) in [5, 5.41) is 17.8. The lowest BCUT2D eigenvalue weighted by atomic mass is 10.1. The highest BCUT2D eigenvalue weighted by Gasteiger charge is 2.14. The molecule has 2 N–H and O–H groups in total. The van der Waals surface area contributed by atoms with E-state index in [1.54, 1.807) is 24.3 Å². The Morgan fingerprint density at radius 3 is 2.24 bits per heavy atom. The van der Waals surface area contributed by atoms with Gasteiger partial charge in [-0.05, 0) is 38.5 Å². The minimum atomic E-state index is -1.36. The van der Waals surface area contributed by atoms with Gasteiger partial charge in [0.25, 0.3) is 0 Å². The van der Waals surface area contributed by atoms with Crippen LogP contribution in [0.3, 0.4) is 0 Å². The molecule has 0 fully saturated rings. The fourth-order valence-corrected chi connectivity index (χ4v) is 1.36. The maximum atomic E-state index is 10.5. The fraction of sp³-hybridized carbons (Fsp3) is 0.462. The van der Waals surface area contributed by atoms with Crippen LogP contribution in [0.15, 0.2) is 24.3 Å². The number of ether oxygens (including phenoxy) is 1. The monoisotopic (exact) mass is 238 g/mol. The summed E-state index contributed by atoms with van der Waals surface area (Å²) in [7, 11) is 0. The maximum Gasteiger partial charge on any atom is 0.332 e. The SMILES string of the molecule is CC(C)(C)Oc1ccc(C[C@H](O)C(=O)O)cc1. The molecular formula is C13H18O4. The quantitative estimate of drug-likeness (QED) is 0.840. The molecule has 0 bridgehead atoms. The van der Waals surface area contributed by atoms with Crippen molar-refractivity contribution in [3.8, 4) is 5.75 Å². The predicted octanol–water partition coefficient (Wildman–Crippen LogP) is 1.85. The molecule has 94 valence electrons. The Balaban J connectivity index is 2.65. The summed E-state index contributed by atoms with van der Waals surface area (Å²) in [6.07, 6.45) is -1.25. The molecule has 4 nitrogen and oxygen atoms in total. The van der Waals surface area contributed by atoms with Crippen LogP contribution in [0.1, 0.15) is 26.3 Å². The molecule has 0 aliphatic carbocycles. The second kappa shape index (κ2) is 5.19. The van der Waals surface area contributed by atoms with Gasteiger partial charge in [0, 0.05) is 6.42 Å². The van der Waals surface area contributed by atoms with Crippen LogP contribution >= 0.6 is 0 Å². The third-order valence-electron chi connectivity index (χ3n) is 2.06. The Hall–Kier alpha value is -1.55. The molecule has 0 aliphatic heterocycles. The Kier molecular flexibility index (Phi) is 4.12. The van der Waals surface area contributed by atoms with E-state index < -0.39 is 12.1 Å². The highest BCUT2D eigenvalue weighted by atomic mass is 16.5. The first-order chi connectivity index (χ1) is 7.78. The van der Waals surface area contributed by atoms with E-state index in [9.17, 15) is 9.90 Å². The molecule has 1 aromatic rings. The molecule has 0 saturated carbocycles. The molecule has 0 aromatic heterocycles. The van der Waals surface area contributed by atoms with E-state index in [1.807, 2.05) is 20.8 Å². The fourth-order valence-electron chi connectivity index (χ4n) is 1.36. The number of rotatable bonds is 4. The number of aliphatic hydroxyl groups is 1. The van der Waals surface area contributed by atoms with Crippen molar-refractivity contribution in [1.29, 1.82) is 0 Å². The van der Waals surface area contributed by atoms with Gasteiger partial charge in [0.2, 0.25) is 0 Å². The third-order valence-corrected chi connectivity index (χ3v) is 2.06. The first-order valence-electron chi connectivity index (χ1n) is 5.47. The lowest BCUT2D eigenvalue weighted by Gasteiger charge is -2.21. The zero-order valence-corrected chi connectivity index (χ0v) is 10.3. The average molecular weight is 238 g/mol. The first-order valence-corrected chi connectivity index (χ1v) is 5.47. The molecule has 0 aliphatic rings. The summed E-state index contributed by atoms with van der Waals surface area (Å²) in [5.41, 5.74) is 0.503. The maximum absolute atomic E-state index is 10.5. The van der Waals surface area contributed by atoms with Gasteiger partial charge in [-0.3, -0.25) is 0 Å². The van der Waals surface area contributed by atoms with Crippen LogP contribution in [0.2, 0.25) is 0 Å². The van der Waals surface area contributed by atoms with Gasteiger partial charge in [0.1, 0.15) is 11.4 Å². The number of benzene rings is 1. The number of aliphatic carboxylic acids is 1. The summed E-state index contributed by atoms with van der Waals surface area (Å²) >= 11 is 0. The normalized spacial score (nSPS) is 13.2. The van der Waals surface area contributed by atoms with E-state index in [0.717, 1.165) is 11.3 Å². The van der Waals surface area contributed by atoms with Crippen LogP contribution in [0.25, 0.3) is 0 Å². The van der Waals surface area contributed by atoms with Gasteiger partial charge in [-0.25, -0.2) is 4.79 Å². The van der Waals surface area contributed by atoms with Crippen molar-refractivity contribution in [1.82, 2.24) is 0 Å². The molecule has 17 heavy (non-hydrogen) atoms. The smallest absolute Gasteiger partial charge is 0.332 e. The summed E-state index contributed by atoms with van der Waals surface area (Å²) in [6, 6.07) is 7.06. The number of carbonyl (C=O) groups is 1. The zero-order chi connectivity index (χ0) is 13.1. The number of carboxylic acids is 1. The summed E-state index contributed by atoms with van der Waals surface area (Å²) in [6.45, 7) is 5.86. The number of hydrogen-bond acceptors (Lipinski definition) is 3. The number of carboxylic acid groups (broad SMARTS) is 1. The van der Waals surface area contributed by atoms with Gasteiger partial charge in [-0.15, -0.1) is 0 Å². The van der Waals surface area contributed by atoms with Gasteiger partial charge in [-0.2, -0.15) is 0 Å². The first kappa shape index (κ1) is 13.5. The molecule has 0 spiro atoms. The van der Waals surface area contributed by atoms with E-state index in [1.165, 1.54) is 0 Å². The van der Waals surface area contributed by atoms with Crippen LogP contribution in [0.5, 0.6) is 5.75 Å². The van der Waals surface area contributed by atoms with Gasteiger partial charge >= 0.3 is 5.97 Å². The van der Waals surface area contributed by atoms with Crippen molar-refractivity contribution in [3.63, 3.8) is 0 Å². The van der Waals surface area contributed by atoms with Crippen molar-refractivity contribution in [2.75, 3.05) is 0 Å². The van der Waals surface area contributed by atoms with Crippen LogP contribution in [0.4, 0.5) is 0 Å². The van der Waals surface area contributed by atoms with E-state index in [2.05, 4.69) is 0 Å². The van der Waals surface area contributed by atoms with Gasteiger partial charge in [-0.1, -0.05) is 12.1 Å². The third kappa shape index (κ3) is 4.87. The second-order valence-electron chi connectivity index (χ2n) is 4.92. The highest BCUT2D eigenvalue weighted by Crippen LogP contribution is 2.19. The molecule has 1 rings (SSSR count). The van der Waals surface area contributed by atoms with E-state index in [4.69, 9.17) is 9.84 Å². The van der Waals surface area contributed by atoms with Crippen molar-refractivity contribution >= 4 is 5.97 Å². The largest absolute Gasteiger partial charge is 0.488 e. The molecule has 4 heteroatoms. The number of hydrogen-bond donors (Lipinski definition) is 2. The minimum absolute atomic E-state index is 0.102. The van der Waals surface area contributed by atoms with Crippen molar-refractivity contribution in [2.45, 2.75) is 38.9 Å². The van der Waals surface area contributed by atoms with Crippen molar-refractivity contribution in [3.05, 3.63) is 29.8 Å².